The molecule has 4 unspecified atom stereocenters. The van der Waals surface area contributed by atoms with Crippen LogP contribution in [0.3, 0.4) is 0 Å². The molecular weight excluding hydrogens is 192 g/mol. The van der Waals surface area contributed by atoms with Crippen molar-refractivity contribution in [2.24, 2.45) is 11.8 Å². The number of amides is 1. The van der Waals surface area contributed by atoms with Crippen LogP contribution in [0.1, 0.15) is 12.8 Å². The third kappa shape index (κ3) is 1.88. The first kappa shape index (κ1) is 9.60. The number of carbonyl (C=O) groups is 1. The second-order valence-electron chi connectivity index (χ2n) is 5.03. The van der Waals surface area contributed by atoms with Crippen LogP contribution in [0.15, 0.2) is 0 Å². The van der Waals surface area contributed by atoms with E-state index in [1.165, 1.54) is 6.42 Å². The third-order valence-electron chi connectivity index (χ3n) is 3.85. The van der Waals surface area contributed by atoms with E-state index in [9.17, 15) is 4.79 Å². The normalized spacial score (nSPS) is 43.5. The molecule has 84 valence electrons. The monoisotopic (exact) mass is 210 g/mol. The van der Waals surface area contributed by atoms with Gasteiger partial charge in [-0.05, 0) is 31.7 Å². The van der Waals surface area contributed by atoms with Gasteiger partial charge in [0.25, 0.3) is 0 Å². The first-order valence-electron chi connectivity index (χ1n) is 5.85. The smallest absolute Gasteiger partial charge is 0.239 e. The molecule has 1 N–H and O–H groups in total. The predicted molar refractivity (Wildman–Crippen MR) is 55.4 cm³/mol. The molecular formula is C11H18N2O2. The standard InChI is InChI=1S/C11H18N2O2/c1-12-10-3-7-2-8(7)4-13(11(10)14)5-9-6-15-9/h7-10,12H,2-6H2,1H3. The molecule has 1 aliphatic carbocycles. The lowest BCUT2D eigenvalue weighted by molar-refractivity contribution is -0.133. The molecule has 1 amide bonds. The van der Waals surface area contributed by atoms with Gasteiger partial charge in [0.05, 0.1) is 18.8 Å². The first-order valence-corrected chi connectivity index (χ1v) is 5.85. The van der Waals surface area contributed by atoms with Crippen molar-refractivity contribution in [3.63, 3.8) is 0 Å². The highest BCUT2D eigenvalue weighted by Crippen LogP contribution is 2.44. The summed E-state index contributed by atoms with van der Waals surface area (Å²) in [5.41, 5.74) is 0. The van der Waals surface area contributed by atoms with Crippen LogP contribution in [0.2, 0.25) is 0 Å². The van der Waals surface area contributed by atoms with Gasteiger partial charge in [-0.1, -0.05) is 0 Å². The molecule has 2 aliphatic heterocycles. The molecule has 15 heavy (non-hydrogen) atoms. The van der Waals surface area contributed by atoms with Gasteiger partial charge < -0.3 is 15.0 Å². The molecule has 4 atom stereocenters. The molecule has 1 saturated carbocycles. The van der Waals surface area contributed by atoms with E-state index in [0.717, 1.165) is 38.0 Å². The Labute approximate surface area is 90.0 Å². The minimum Gasteiger partial charge on any atom is -0.371 e. The number of carbonyl (C=O) groups excluding carboxylic acids is 1. The van der Waals surface area contributed by atoms with Gasteiger partial charge in [-0.15, -0.1) is 0 Å². The molecule has 0 aromatic heterocycles. The molecule has 2 heterocycles. The van der Waals surface area contributed by atoms with E-state index < -0.39 is 0 Å². The fraction of sp³-hybridized carbons (Fsp3) is 0.909. The van der Waals surface area contributed by atoms with Crippen LogP contribution in [0.25, 0.3) is 0 Å². The zero-order valence-corrected chi connectivity index (χ0v) is 9.11. The maximum atomic E-state index is 12.1. The van der Waals surface area contributed by atoms with Gasteiger partial charge in [0.1, 0.15) is 0 Å². The molecule has 3 rings (SSSR count). The van der Waals surface area contributed by atoms with Gasteiger partial charge >= 0.3 is 0 Å². The van der Waals surface area contributed by atoms with Crippen LogP contribution < -0.4 is 5.32 Å². The number of fused-ring (bicyclic) bond motifs is 1. The lowest BCUT2D eigenvalue weighted by Crippen LogP contribution is -2.46. The van der Waals surface area contributed by atoms with Crippen molar-refractivity contribution in [3.05, 3.63) is 0 Å². The fourth-order valence-electron chi connectivity index (χ4n) is 2.64. The molecule has 0 spiro atoms. The van der Waals surface area contributed by atoms with E-state index in [2.05, 4.69) is 5.32 Å². The van der Waals surface area contributed by atoms with Crippen LogP contribution in [0, 0.1) is 11.8 Å². The van der Waals surface area contributed by atoms with Gasteiger partial charge in [0, 0.05) is 13.1 Å². The van der Waals surface area contributed by atoms with Gasteiger partial charge in [-0.25, -0.2) is 0 Å². The van der Waals surface area contributed by atoms with Crippen molar-refractivity contribution in [3.8, 4) is 0 Å². The second-order valence-corrected chi connectivity index (χ2v) is 5.03. The molecule has 3 aliphatic rings. The molecule has 0 radical (unpaired) electrons. The van der Waals surface area contributed by atoms with Crippen LogP contribution in [-0.4, -0.2) is 49.7 Å². The number of rotatable bonds is 3. The quantitative estimate of drug-likeness (QED) is 0.658. The van der Waals surface area contributed by atoms with Gasteiger partial charge in [0.15, 0.2) is 0 Å². The number of hydrogen-bond acceptors (Lipinski definition) is 3. The van der Waals surface area contributed by atoms with E-state index >= 15 is 0 Å². The Morgan fingerprint density at radius 3 is 2.93 bits per heavy atom. The Morgan fingerprint density at radius 1 is 1.47 bits per heavy atom. The zero-order valence-electron chi connectivity index (χ0n) is 9.11. The average Bonchev–Trinajstić information content (AvgIpc) is 3.07. The predicted octanol–water partition coefficient (Wildman–Crippen LogP) is -0.158. The van der Waals surface area contributed by atoms with Crippen molar-refractivity contribution in [1.29, 1.82) is 0 Å². The molecule has 0 aromatic carbocycles. The van der Waals surface area contributed by atoms with E-state index in [1.54, 1.807) is 0 Å². The maximum Gasteiger partial charge on any atom is 0.239 e. The highest BCUT2D eigenvalue weighted by molar-refractivity contribution is 5.82. The van der Waals surface area contributed by atoms with E-state index in [-0.39, 0.29) is 11.9 Å². The SMILES string of the molecule is CNC1CC2CC2CN(CC2CO2)C1=O. The summed E-state index contributed by atoms with van der Waals surface area (Å²) in [7, 11) is 1.89. The van der Waals surface area contributed by atoms with E-state index in [1.807, 2.05) is 11.9 Å². The topological polar surface area (TPSA) is 44.9 Å². The van der Waals surface area contributed by atoms with Gasteiger partial charge in [0.2, 0.25) is 5.91 Å². The van der Waals surface area contributed by atoms with Crippen molar-refractivity contribution >= 4 is 5.91 Å². The Bertz CT molecular complexity index is 278. The zero-order chi connectivity index (χ0) is 10.4. The Kier molecular flexibility index (Phi) is 2.21. The lowest BCUT2D eigenvalue weighted by Gasteiger charge is -2.24. The highest BCUT2D eigenvalue weighted by atomic mass is 16.6. The number of likely N-dealkylation sites (N-methyl/N-ethyl adjacent to an activating group) is 1. The van der Waals surface area contributed by atoms with Crippen LogP contribution in [-0.2, 0) is 9.53 Å². The van der Waals surface area contributed by atoms with Crippen molar-refractivity contribution in [1.82, 2.24) is 10.2 Å². The minimum atomic E-state index is 0.0428. The van der Waals surface area contributed by atoms with Crippen LogP contribution in [0.4, 0.5) is 0 Å². The molecule has 0 bridgehead atoms. The highest BCUT2D eigenvalue weighted by Gasteiger charge is 2.46. The number of hydrogen-bond donors (Lipinski definition) is 1. The van der Waals surface area contributed by atoms with E-state index in [0.29, 0.717) is 6.10 Å². The summed E-state index contributed by atoms with van der Waals surface area (Å²) in [5, 5.41) is 3.14. The number of nitrogens with zero attached hydrogens (tertiary/aromatic N) is 1. The first-order chi connectivity index (χ1) is 7.28. The molecule has 0 aromatic rings. The molecule has 2 saturated heterocycles. The molecule has 4 heteroatoms. The van der Waals surface area contributed by atoms with Crippen molar-refractivity contribution in [2.75, 3.05) is 26.7 Å². The van der Waals surface area contributed by atoms with E-state index in [4.69, 9.17) is 4.74 Å². The largest absolute Gasteiger partial charge is 0.371 e. The number of likely N-dealkylation sites (tertiary alicyclic amines) is 1. The van der Waals surface area contributed by atoms with Crippen LogP contribution in [0.5, 0.6) is 0 Å². The summed E-state index contributed by atoms with van der Waals surface area (Å²) in [4.78, 5) is 14.1. The third-order valence-corrected chi connectivity index (χ3v) is 3.85. The number of nitrogens with one attached hydrogen (secondary N) is 1. The van der Waals surface area contributed by atoms with Crippen LogP contribution >= 0.6 is 0 Å². The van der Waals surface area contributed by atoms with Crippen molar-refractivity contribution < 1.29 is 9.53 Å². The van der Waals surface area contributed by atoms with Gasteiger partial charge in [-0.2, -0.15) is 0 Å². The Hall–Kier alpha value is -0.610. The second kappa shape index (κ2) is 3.46. The number of ether oxygens (including phenoxy) is 1. The summed E-state index contributed by atoms with van der Waals surface area (Å²) >= 11 is 0. The van der Waals surface area contributed by atoms with Crippen molar-refractivity contribution in [2.45, 2.75) is 25.0 Å². The molecule has 4 nitrogen and oxygen atoms in total. The fourth-order valence-corrected chi connectivity index (χ4v) is 2.64. The summed E-state index contributed by atoms with van der Waals surface area (Å²) in [6, 6.07) is 0.0428. The Balaban J connectivity index is 1.69. The molecule has 3 fully saturated rings. The minimum absolute atomic E-state index is 0.0428. The lowest BCUT2D eigenvalue weighted by atomic mass is 10.1. The van der Waals surface area contributed by atoms with Gasteiger partial charge in [-0.3, -0.25) is 4.79 Å². The average molecular weight is 210 g/mol. The summed E-state index contributed by atoms with van der Waals surface area (Å²) in [6.07, 6.45) is 2.66. The summed E-state index contributed by atoms with van der Waals surface area (Å²) in [5.74, 6) is 1.84. The maximum absolute atomic E-state index is 12.1. The summed E-state index contributed by atoms with van der Waals surface area (Å²) < 4.78 is 5.20. The number of epoxide rings is 1. The summed E-state index contributed by atoms with van der Waals surface area (Å²) in [6.45, 7) is 2.60. The Morgan fingerprint density at radius 2 is 2.27 bits per heavy atom.